The Balaban J connectivity index is 3.37. The van der Waals surface area contributed by atoms with Gasteiger partial charge in [-0.1, -0.05) is 0 Å². The number of nitriles is 1. The number of rotatable bonds is 2. The number of thioether (sulfide) groups is 1. The molecule has 0 aromatic carbocycles. The third-order valence-corrected chi connectivity index (χ3v) is 2.31. The van der Waals surface area contributed by atoms with Crippen molar-refractivity contribution in [1.29, 1.82) is 5.26 Å². The fourth-order valence-electron chi connectivity index (χ4n) is 0.918. The fourth-order valence-corrected chi connectivity index (χ4v) is 1.44. The van der Waals surface area contributed by atoms with Crippen molar-refractivity contribution < 1.29 is 5.11 Å². The van der Waals surface area contributed by atoms with Crippen LogP contribution in [0.2, 0.25) is 0 Å². The topological polar surface area (TPSA) is 76.9 Å². The number of hydrogen-bond acceptors (Lipinski definition) is 4. The summed E-state index contributed by atoms with van der Waals surface area (Å²) in [6, 6.07) is 3.35. The highest BCUT2D eigenvalue weighted by atomic mass is 32.2. The predicted molar refractivity (Wildman–Crippen MR) is 49.5 cm³/mol. The van der Waals surface area contributed by atoms with E-state index in [1.54, 1.807) is 6.26 Å². The van der Waals surface area contributed by atoms with Crippen LogP contribution in [0.3, 0.4) is 0 Å². The zero-order chi connectivity index (χ0) is 9.84. The molecular weight excluding hydrogens is 188 g/mol. The Morgan fingerprint density at radius 1 is 1.77 bits per heavy atom. The molecule has 4 nitrogen and oxygen atoms in total. The molecule has 0 aliphatic rings. The molecular formula is C8H8N2O2S. The third-order valence-electron chi connectivity index (χ3n) is 1.58. The Kier molecular flexibility index (Phi) is 3.12. The maximum atomic E-state index is 11.2. The van der Waals surface area contributed by atoms with Crippen molar-refractivity contribution in [3.8, 4) is 6.07 Å². The van der Waals surface area contributed by atoms with Gasteiger partial charge in [-0.05, 0) is 12.3 Å². The summed E-state index contributed by atoms with van der Waals surface area (Å²) in [7, 11) is 0. The maximum absolute atomic E-state index is 11.2. The van der Waals surface area contributed by atoms with Gasteiger partial charge in [0.1, 0.15) is 6.07 Å². The van der Waals surface area contributed by atoms with E-state index in [1.165, 1.54) is 17.8 Å². The summed E-state index contributed by atoms with van der Waals surface area (Å²) in [4.78, 5) is 13.7. The van der Waals surface area contributed by atoms with Gasteiger partial charge in [-0.2, -0.15) is 5.26 Å². The van der Waals surface area contributed by atoms with Gasteiger partial charge in [-0.3, -0.25) is 4.79 Å². The molecule has 0 unspecified atom stereocenters. The molecule has 0 aliphatic heterocycles. The number of hydrogen-bond donors (Lipinski definition) is 2. The first-order valence-electron chi connectivity index (χ1n) is 3.54. The smallest absolute Gasteiger partial charge is 0.254 e. The number of nitrogens with zero attached hydrogens (tertiary/aromatic N) is 1. The van der Waals surface area contributed by atoms with Crippen molar-refractivity contribution in [2.45, 2.75) is 11.6 Å². The van der Waals surface area contributed by atoms with Crippen LogP contribution in [0.5, 0.6) is 0 Å². The second-order valence-corrected chi connectivity index (χ2v) is 3.16. The van der Waals surface area contributed by atoms with Gasteiger partial charge in [0, 0.05) is 5.56 Å². The molecule has 0 saturated carbocycles. The number of nitrogens with one attached hydrogen (secondary N) is 1. The highest BCUT2D eigenvalue weighted by Crippen LogP contribution is 2.15. The summed E-state index contributed by atoms with van der Waals surface area (Å²) >= 11 is 1.29. The van der Waals surface area contributed by atoms with Gasteiger partial charge in [0.25, 0.3) is 5.56 Å². The summed E-state index contributed by atoms with van der Waals surface area (Å²) in [5.74, 6) is 0. The molecule has 0 aliphatic carbocycles. The Morgan fingerprint density at radius 2 is 2.46 bits per heavy atom. The molecule has 2 N–H and O–H groups in total. The molecule has 0 bridgehead atoms. The third kappa shape index (κ3) is 1.91. The summed E-state index contributed by atoms with van der Waals surface area (Å²) in [6.45, 7) is -0.349. The average molecular weight is 196 g/mol. The van der Waals surface area contributed by atoms with Crippen LogP contribution >= 0.6 is 11.8 Å². The van der Waals surface area contributed by atoms with Crippen LogP contribution in [0.15, 0.2) is 15.9 Å². The first-order valence-corrected chi connectivity index (χ1v) is 4.76. The maximum Gasteiger partial charge on any atom is 0.254 e. The molecule has 68 valence electrons. The molecule has 1 aromatic rings. The average Bonchev–Trinajstić information content (AvgIpc) is 2.17. The van der Waals surface area contributed by atoms with Crippen LogP contribution in [0.25, 0.3) is 0 Å². The number of aromatic amines is 1. The van der Waals surface area contributed by atoms with Crippen molar-refractivity contribution in [2.24, 2.45) is 0 Å². The van der Waals surface area contributed by atoms with Gasteiger partial charge >= 0.3 is 0 Å². The molecule has 0 fully saturated rings. The lowest BCUT2D eigenvalue weighted by Crippen LogP contribution is -2.14. The highest BCUT2D eigenvalue weighted by molar-refractivity contribution is 7.98. The lowest BCUT2D eigenvalue weighted by molar-refractivity contribution is 0.280. The normalized spacial score (nSPS) is 9.62. The minimum absolute atomic E-state index is 0.217. The standard InChI is InChI=1S/C8H8N2O2S/c1-13-8-5(3-9)2-6(4-11)7(12)10-8/h2,11H,4H2,1H3,(H,10,12). The largest absolute Gasteiger partial charge is 0.391 e. The zero-order valence-electron chi connectivity index (χ0n) is 7.00. The first kappa shape index (κ1) is 9.84. The lowest BCUT2D eigenvalue weighted by Gasteiger charge is -2.01. The van der Waals surface area contributed by atoms with E-state index in [2.05, 4.69) is 4.98 Å². The van der Waals surface area contributed by atoms with Crippen molar-refractivity contribution >= 4 is 11.8 Å². The van der Waals surface area contributed by atoms with E-state index >= 15 is 0 Å². The van der Waals surface area contributed by atoms with Crippen molar-refractivity contribution in [1.82, 2.24) is 4.98 Å². The molecule has 0 amide bonds. The van der Waals surface area contributed by atoms with E-state index in [0.29, 0.717) is 10.6 Å². The number of aliphatic hydroxyl groups excluding tert-OH is 1. The SMILES string of the molecule is CSc1[nH]c(=O)c(CO)cc1C#N. The van der Waals surface area contributed by atoms with Gasteiger partial charge in [0.05, 0.1) is 17.2 Å². The number of H-pyrrole nitrogens is 1. The Bertz CT molecular complexity index is 406. The zero-order valence-corrected chi connectivity index (χ0v) is 7.81. The lowest BCUT2D eigenvalue weighted by atomic mass is 10.2. The highest BCUT2D eigenvalue weighted by Gasteiger charge is 2.06. The van der Waals surface area contributed by atoms with Gasteiger partial charge in [0.2, 0.25) is 0 Å². The van der Waals surface area contributed by atoms with Gasteiger partial charge < -0.3 is 10.1 Å². The number of aliphatic hydroxyl groups is 1. The van der Waals surface area contributed by atoms with Gasteiger partial charge in [0.15, 0.2) is 0 Å². The molecule has 13 heavy (non-hydrogen) atoms. The Morgan fingerprint density at radius 3 is 2.92 bits per heavy atom. The molecule has 0 radical (unpaired) electrons. The Hall–Kier alpha value is -1.25. The van der Waals surface area contributed by atoms with E-state index in [9.17, 15) is 4.79 Å². The van der Waals surface area contributed by atoms with Crippen LogP contribution in [0.1, 0.15) is 11.1 Å². The summed E-state index contributed by atoms with van der Waals surface area (Å²) < 4.78 is 0. The minimum Gasteiger partial charge on any atom is -0.391 e. The van der Waals surface area contributed by atoms with Gasteiger partial charge in [-0.25, -0.2) is 0 Å². The van der Waals surface area contributed by atoms with Crippen LogP contribution in [0.4, 0.5) is 0 Å². The molecule has 0 saturated heterocycles. The summed E-state index contributed by atoms with van der Waals surface area (Å²) in [5, 5.41) is 18.0. The summed E-state index contributed by atoms with van der Waals surface area (Å²) in [5.41, 5.74) is 0.261. The van der Waals surface area contributed by atoms with Crippen molar-refractivity contribution in [3.05, 3.63) is 27.5 Å². The van der Waals surface area contributed by atoms with E-state index in [-0.39, 0.29) is 17.7 Å². The van der Waals surface area contributed by atoms with E-state index < -0.39 is 0 Å². The van der Waals surface area contributed by atoms with Crippen molar-refractivity contribution in [2.75, 3.05) is 6.26 Å². The predicted octanol–water partition coefficient (Wildman–Crippen LogP) is 0.461. The van der Waals surface area contributed by atoms with Crippen LogP contribution < -0.4 is 5.56 Å². The Labute approximate surface area is 79.2 Å². The van der Waals surface area contributed by atoms with Crippen LogP contribution in [-0.4, -0.2) is 16.3 Å². The molecule has 0 spiro atoms. The van der Waals surface area contributed by atoms with Crippen LogP contribution in [0, 0.1) is 11.3 Å². The second kappa shape index (κ2) is 4.12. The number of pyridine rings is 1. The molecule has 5 heteroatoms. The van der Waals surface area contributed by atoms with Crippen molar-refractivity contribution in [3.63, 3.8) is 0 Å². The van der Waals surface area contributed by atoms with E-state index in [4.69, 9.17) is 10.4 Å². The monoisotopic (exact) mass is 196 g/mol. The fraction of sp³-hybridized carbons (Fsp3) is 0.250. The molecule has 0 atom stereocenters. The van der Waals surface area contributed by atoms with Gasteiger partial charge in [-0.15, -0.1) is 11.8 Å². The van der Waals surface area contributed by atoms with E-state index in [0.717, 1.165) is 0 Å². The molecule has 1 rings (SSSR count). The second-order valence-electron chi connectivity index (χ2n) is 2.34. The molecule has 1 heterocycles. The van der Waals surface area contributed by atoms with E-state index in [1.807, 2.05) is 6.07 Å². The first-order chi connectivity index (χ1) is 6.22. The quantitative estimate of drug-likeness (QED) is 0.674. The molecule has 1 aromatic heterocycles. The number of aromatic nitrogens is 1. The van der Waals surface area contributed by atoms with Crippen LogP contribution in [-0.2, 0) is 6.61 Å². The minimum atomic E-state index is -0.349. The summed E-state index contributed by atoms with van der Waals surface area (Å²) in [6.07, 6.45) is 1.77.